The number of nitrogens with one attached hydrogen (secondary N) is 1. The molecule has 1 saturated heterocycles. The summed E-state index contributed by atoms with van der Waals surface area (Å²) in [5, 5.41) is 1.96. The van der Waals surface area contributed by atoms with E-state index in [4.69, 9.17) is 0 Å². The van der Waals surface area contributed by atoms with Gasteiger partial charge in [0.15, 0.2) is 0 Å². The average Bonchev–Trinajstić information content (AvgIpc) is 2.46. The summed E-state index contributed by atoms with van der Waals surface area (Å²) >= 11 is 0. The zero-order valence-electron chi connectivity index (χ0n) is 8.90. The van der Waals surface area contributed by atoms with Gasteiger partial charge in [-0.15, -0.1) is 0 Å². The summed E-state index contributed by atoms with van der Waals surface area (Å²) in [5.74, 6) is -1.72. The molecule has 1 aliphatic rings. The first-order valence-corrected chi connectivity index (χ1v) is 4.77. The van der Waals surface area contributed by atoms with Crippen LogP contribution in [0.25, 0.3) is 0 Å². The molecule has 0 atom stereocenters. The van der Waals surface area contributed by atoms with Crippen molar-refractivity contribution in [3.05, 3.63) is 29.3 Å². The number of rotatable bonds is 1. The van der Waals surface area contributed by atoms with E-state index in [-0.39, 0.29) is 0 Å². The van der Waals surface area contributed by atoms with E-state index < -0.39 is 17.8 Å². The summed E-state index contributed by atoms with van der Waals surface area (Å²) in [6, 6.07) is 4.68. The first kappa shape index (κ1) is 10.4. The van der Waals surface area contributed by atoms with Crippen LogP contribution in [0.5, 0.6) is 0 Å². The molecule has 0 aliphatic carbocycles. The van der Waals surface area contributed by atoms with E-state index in [1.807, 2.05) is 18.3 Å². The van der Waals surface area contributed by atoms with Gasteiger partial charge in [-0.3, -0.25) is 14.9 Å². The standard InChI is InChI=1S/C11H10N2O3/c1-6-3-4-7(2)8(5-6)13-10(15)9(14)12-11(13)16/h3-5H,1-2H3,(H,12,14,16). The lowest BCUT2D eigenvalue weighted by molar-refractivity contribution is -0.134. The van der Waals surface area contributed by atoms with Crippen molar-refractivity contribution < 1.29 is 14.4 Å². The Hall–Kier alpha value is -2.17. The number of carbonyl (C=O) groups excluding carboxylic acids is 3. The van der Waals surface area contributed by atoms with Gasteiger partial charge in [0.2, 0.25) is 0 Å². The molecule has 1 N–H and O–H groups in total. The fourth-order valence-electron chi connectivity index (χ4n) is 1.58. The van der Waals surface area contributed by atoms with Crippen LogP contribution >= 0.6 is 0 Å². The maximum absolute atomic E-state index is 11.5. The lowest BCUT2D eigenvalue weighted by Crippen LogP contribution is -2.31. The van der Waals surface area contributed by atoms with Gasteiger partial charge in [0.05, 0.1) is 5.69 Å². The Bertz CT molecular complexity index is 508. The maximum atomic E-state index is 11.5. The van der Waals surface area contributed by atoms with E-state index in [0.717, 1.165) is 16.0 Å². The number of imide groups is 2. The third-order valence-electron chi connectivity index (χ3n) is 2.43. The van der Waals surface area contributed by atoms with Crippen LogP contribution in [-0.4, -0.2) is 17.8 Å². The summed E-state index contributed by atoms with van der Waals surface area (Å²) in [6.07, 6.45) is 0. The van der Waals surface area contributed by atoms with Crippen LogP contribution in [-0.2, 0) is 9.59 Å². The van der Waals surface area contributed by atoms with Crippen LogP contribution < -0.4 is 10.2 Å². The smallest absolute Gasteiger partial charge is 0.269 e. The number of urea groups is 1. The molecule has 0 spiro atoms. The lowest BCUT2D eigenvalue weighted by atomic mass is 10.1. The molecule has 82 valence electrons. The first-order valence-electron chi connectivity index (χ1n) is 4.77. The number of carbonyl (C=O) groups is 3. The molecule has 0 unspecified atom stereocenters. The predicted octanol–water partition coefficient (Wildman–Crippen LogP) is 0.886. The highest BCUT2D eigenvalue weighted by Crippen LogP contribution is 2.23. The van der Waals surface area contributed by atoms with Crippen LogP contribution in [0.2, 0.25) is 0 Å². The normalized spacial score (nSPS) is 15.6. The molecule has 0 bridgehead atoms. The van der Waals surface area contributed by atoms with Crippen LogP contribution in [0.15, 0.2) is 18.2 Å². The second kappa shape index (κ2) is 3.44. The average molecular weight is 218 g/mol. The van der Waals surface area contributed by atoms with Crippen LogP contribution in [0.1, 0.15) is 11.1 Å². The number of benzene rings is 1. The Balaban J connectivity index is 2.52. The second-order valence-electron chi connectivity index (χ2n) is 3.69. The van der Waals surface area contributed by atoms with Crippen LogP contribution in [0, 0.1) is 13.8 Å². The lowest BCUT2D eigenvalue weighted by Gasteiger charge is -2.14. The third-order valence-corrected chi connectivity index (χ3v) is 2.43. The van der Waals surface area contributed by atoms with E-state index in [2.05, 4.69) is 0 Å². The van der Waals surface area contributed by atoms with Crippen molar-refractivity contribution in [3.63, 3.8) is 0 Å². The van der Waals surface area contributed by atoms with Crippen molar-refractivity contribution in [3.8, 4) is 0 Å². The van der Waals surface area contributed by atoms with Gasteiger partial charge in [-0.25, -0.2) is 9.69 Å². The highest BCUT2D eigenvalue weighted by Gasteiger charge is 2.38. The molecule has 1 fully saturated rings. The minimum Gasteiger partial charge on any atom is -0.269 e. The number of anilines is 1. The number of nitrogens with zero attached hydrogens (tertiary/aromatic N) is 1. The molecule has 0 radical (unpaired) electrons. The predicted molar refractivity (Wildman–Crippen MR) is 56.9 cm³/mol. The summed E-state index contributed by atoms with van der Waals surface area (Å²) < 4.78 is 0. The minimum atomic E-state index is -0.883. The highest BCUT2D eigenvalue weighted by molar-refractivity contribution is 6.53. The van der Waals surface area contributed by atoms with Gasteiger partial charge in [-0.2, -0.15) is 0 Å². The van der Waals surface area contributed by atoms with Gasteiger partial charge in [0.25, 0.3) is 0 Å². The summed E-state index contributed by atoms with van der Waals surface area (Å²) in [7, 11) is 0. The van der Waals surface area contributed by atoms with E-state index in [1.54, 1.807) is 19.1 Å². The number of hydrogen-bond acceptors (Lipinski definition) is 3. The summed E-state index contributed by atoms with van der Waals surface area (Å²) in [4.78, 5) is 34.8. The molecule has 0 saturated carbocycles. The van der Waals surface area contributed by atoms with Gasteiger partial charge in [0, 0.05) is 0 Å². The highest BCUT2D eigenvalue weighted by atomic mass is 16.2. The van der Waals surface area contributed by atoms with E-state index in [0.29, 0.717) is 5.69 Å². The van der Waals surface area contributed by atoms with Crippen molar-refractivity contribution >= 4 is 23.5 Å². The van der Waals surface area contributed by atoms with Crippen molar-refractivity contribution in [2.75, 3.05) is 4.90 Å². The minimum absolute atomic E-state index is 0.452. The Labute approximate surface area is 92.0 Å². The number of amides is 4. The van der Waals surface area contributed by atoms with Crippen LogP contribution in [0.4, 0.5) is 10.5 Å². The van der Waals surface area contributed by atoms with Gasteiger partial charge < -0.3 is 0 Å². The molecule has 5 heteroatoms. The molecule has 0 aromatic heterocycles. The molecular formula is C11H10N2O3. The van der Waals surface area contributed by atoms with E-state index >= 15 is 0 Å². The largest absolute Gasteiger partial charge is 0.336 e. The zero-order chi connectivity index (χ0) is 11.9. The Morgan fingerprint density at radius 2 is 1.81 bits per heavy atom. The quantitative estimate of drug-likeness (QED) is 0.562. The second-order valence-corrected chi connectivity index (χ2v) is 3.69. The van der Waals surface area contributed by atoms with Gasteiger partial charge in [-0.05, 0) is 31.0 Å². The fourth-order valence-corrected chi connectivity index (χ4v) is 1.58. The molecular weight excluding hydrogens is 208 g/mol. The fraction of sp³-hybridized carbons (Fsp3) is 0.182. The van der Waals surface area contributed by atoms with Crippen molar-refractivity contribution in [2.24, 2.45) is 0 Å². The number of hydrogen-bond donors (Lipinski definition) is 1. The molecule has 5 nitrogen and oxygen atoms in total. The molecule has 1 aromatic carbocycles. The third kappa shape index (κ3) is 1.46. The molecule has 16 heavy (non-hydrogen) atoms. The van der Waals surface area contributed by atoms with Crippen molar-refractivity contribution in [1.82, 2.24) is 5.32 Å². The van der Waals surface area contributed by atoms with Gasteiger partial charge in [0.1, 0.15) is 0 Å². The zero-order valence-corrected chi connectivity index (χ0v) is 8.90. The topological polar surface area (TPSA) is 66.5 Å². The van der Waals surface area contributed by atoms with E-state index in [9.17, 15) is 14.4 Å². The molecule has 2 rings (SSSR count). The summed E-state index contributed by atoms with van der Waals surface area (Å²) in [6.45, 7) is 3.63. The Kier molecular flexibility index (Phi) is 2.23. The maximum Gasteiger partial charge on any atom is 0.336 e. The monoisotopic (exact) mass is 218 g/mol. The number of aryl methyl sites for hydroxylation is 2. The summed E-state index contributed by atoms with van der Waals surface area (Å²) in [5.41, 5.74) is 2.14. The molecule has 1 aromatic rings. The molecule has 1 heterocycles. The molecule has 4 amide bonds. The Morgan fingerprint density at radius 1 is 1.12 bits per heavy atom. The van der Waals surface area contributed by atoms with Crippen molar-refractivity contribution in [1.29, 1.82) is 0 Å². The van der Waals surface area contributed by atoms with Gasteiger partial charge >= 0.3 is 17.8 Å². The van der Waals surface area contributed by atoms with Gasteiger partial charge in [-0.1, -0.05) is 12.1 Å². The van der Waals surface area contributed by atoms with E-state index in [1.165, 1.54) is 0 Å². The Morgan fingerprint density at radius 3 is 2.38 bits per heavy atom. The molecule has 1 aliphatic heterocycles. The first-order chi connectivity index (χ1) is 7.50. The van der Waals surface area contributed by atoms with Crippen molar-refractivity contribution in [2.45, 2.75) is 13.8 Å². The SMILES string of the molecule is Cc1ccc(C)c(N2C(=O)NC(=O)C2=O)c1. The van der Waals surface area contributed by atoms with Crippen LogP contribution in [0.3, 0.4) is 0 Å².